The molecule has 9 heteroatoms. The second kappa shape index (κ2) is 10.3. The van der Waals surface area contributed by atoms with Gasteiger partial charge in [-0.25, -0.2) is 4.98 Å². The highest BCUT2D eigenvalue weighted by atomic mass is 32.1. The standard InChI is InChI=1S/C20H25N3O5S/c1-14-19(22-20(29-14)21-17(24)6-7-18(25)26)15-2-4-16(5-3-15)28-13-10-23-8-11-27-12-9-23/h2-5H,6-13H2,1H3,(H,25,26)(H,21,22,24). The predicted octanol–water partition coefficient (Wildman–Crippen LogP) is 2.63. The monoisotopic (exact) mass is 419 g/mol. The fourth-order valence-electron chi connectivity index (χ4n) is 2.95. The minimum Gasteiger partial charge on any atom is -0.492 e. The van der Waals surface area contributed by atoms with E-state index in [-0.39, 0.29) is 18.7 Å². The van der Waals surface area contributed by atoms with E-state index < -0.39 is 5.97 Å². The summed E-state index contributed by atoms with van der Waals surface area (Å²) in [6.45, 7) is 6.89. The molecule has 2 N–H and O–H groups in total. The molecule has 0 unspecified atom stereocenters. The number of hydrogen-bond donors (Lipinski definition) is 2. The smallest absolute Gasteiger partial charge is 0.303 e. The van der Waals surface area contributed by atoms with Gasteiger partial charge in [-0.05, 0) is 31.2 Å². The number of amides is 1. The van der Waals surface area contributed by atoms with E-state index in [2.05, 4.69) is 15.2 Å². The average Bonchev–Trinajstić information content (AvgIpc) is 3.07. The molecule has 0 aliphatic carbocycles. The van der Waals surface area contributed by atoms with Gasteiger partial charge in [0.25, 0.3) is 0 Å². The van der Waals surface area contributed by atoms with Crippen LogP contribution in [0.15, 0.2) is 24.3 Å². The SMILES string of the molecule is Cc1sc(NC(=O)CCC(=O)O)nc1-c1ccc(OCCN2CCOCC2)cc1. The molecular formula is C20H25N3O5S. The highest BCUT2D eigenvalue weighted by Crippen LogP contribution is 2.31. The van der Waals surface area contributed by atoms with Gasteiger partial charge in [-0.1, -0.05) is 0 Å². The third-order valence-corrected chi connectivity index (χ3v) is 5.40. The average molecular weight is 420 g/mol. The molecule has 0 radical (unpaired) electrons. The van der Waals surface area contributed by atoms with Crippen molar-refractivity contribution >= 4 is 28.3 Å². The number of carboxylic acids is 1. The van der Waals surface area contributed by atoms with Gasteiger partial charge >= 0.3 is 5.97 Å². The van der Waals surface area contributed by atoms with Crippen molar-refractivity contribution in [3.05, 3.63) is 29.1 Å². The molecule has 0 spiro atoms. The molecule has 2 heterocycles. The Morgan fingerprint density at radius 1 is 1.24 bits per heavy atom. The summed E-state index contributed by atoms with van der Waals surface area (Å²) >= 11 is 1.37. The maximum absolute atomic E-state index is 11.8. The van der Waals surface area contributed by atoms with E-state index in [0.29, 0.717) is 11.7 Å². The lowest BCUT2D eigenvalue weighted by atomic mass is 10.1. The molecule has 1 aliphatic heterocycles. The normalized spacial score (nSPS) is 14.5. The van der Waals surface area contributed by atoms with Crippen molar-refractivity contribution < 1.29 is 24.2 Å². The second-order valence-corrected chi connectivity index (χ2v) is 7.90. The molecule has 1 saturated heterocycles. The summed E-state index contributed by atoms with van der Waals surface area (Å²) in [5.74, 6) is -0.544. The molecule has 1 fully saturated rings. The van der Waals surface area contributed by atoms with Crippen molar-refractivity contribution in [1.29, 1.82) is 0 Å². The van der Waals surface area contributed by atoms with Crippen molar-refractivity contribution in [3.63, 3.8) is 0 Å². The molecule has 8 nitrogen and oxygen atoms in total. The van der Waals surface area contributed by atoms with Gasteiger partial charge in [0, 0.05) is 36.5 Å². The summed E-state index contributed by atoms with van der Waals surface area (Å²) < 4.78 is 11.2. The topological polar surface area (TPSA) is 101 Å². The largest absolute Gasteiger partial charge is 0.492 e. The van der Waals surface area contributed by atoms with Gasteiger partial charge in [0.05, 0.1) is 25.3 Å². The number of ether oxygens (including phenoxy) is 2. The number of rotatable bonds is 9. The fourth-order valence-corrected chi connectivity index (χ4v) is 3.80. The highest BCUT2D eigenvalue weighted by molar-refractivity contribution is 7.16. The third kappa shape index (κ3) is 6.52. The van der Waals surface area contributed by atoms with Gasteiger partial charge in [-0.2, -0.15) is 0 Å². The van der Waals surface area contributed by atoms with Gasteiger partial charge in [-0.15, -0.1) is 11.3 Å². The van der Waals surface area contributed by atoms with Crippen LogP contribution in [-0.4, -0.2) is 66.3 Å². The minimum absolute atomic E-state index is 0.0697. The first-order chi connectivity index (χ1) is 14.0. The first-order valence-corrected chi connectivity index (χ1v) is 10.4. The van der Waals surface area contributed by atoms with E-state index >= 15 is 0 Å². The van der Waals surface area contributed by atoms with Crippen molar-refractivity contribution in [1.82, 2.24) is 9.88 Å². The van der Waals surface area contributed by atoms with Gasteiger partial charge in [-0.3, -0.25) is 14.5 Å². The number of aliphatic carboxylic acids is 1. The molecule has 156 valence electrons. The maximum atomic E-state index is 11.8. The van der Waals surface area contributed by atoms with E-state index in [0.717, 1.165) is 54.7 Å². The molecule has 0 bridgehead atoms. The lowest BCUT2D eigenvalue weighted by molar-refractivity contribution is -0.138. The Morgan fingerprint density at radius 3 is 2.66 bits per heavy atom. The van der Waals surface area contributed by atoms with Crippen LogP contribution in [0.4, 0.5) is 5.13 Å². The maximum Gasteiger partial charge on any atom is 0.303 e. The van der Waals surface area contributed by atoms with Crippen LogP contribution in [0.3, 0.4) is 0 Å². The molecule has 2 aromatic rings. The van der Waals surface area contributed by atoms with Gasteiger partial charge in [0.1, 0.15) is 12.4 Å². The third-order valence-electron chi connectivity index (χ3n) is 4.52. The number of hydrogen-bond acceptors (Lipinski definition) is 7. The van der Waals surface area contributed by atoms with Crippen LogP contribution in [0.5, 0.6) is 5.75 Å². The highest BCUT2D eigenvalue weighted by Gasteiger charge is 2.13. The summed E-state index contributed by atoms with van der Waals surface area (Å²) in [6, 6.07) is 7.72. The Hall–Kier alpha value is -2.49. The zero-order chi connectivity index (χ0) is 20.6. The van der Waals surface area contributed by atoms with Crippen LogP contribution in [0.25, 0.3) is 11.3 Å². The predicted molar refractivity (Wildman–Crippen MR) is 111 cm³/mol. The lowest BCUT2D eigenvalue weighted by Gasteiger charge is -2.26. The number of anilines is 1. The number of aryl methyl sites for hydroxylation is 1. The van der Waals surface area contributed by atoms with Gasteiger partial charge < -0.3 is 19.9 Å². The number of carbonyl (C=O) groups is 2. The molecule has 1 aromatic heterocycles. The van der Waals surface area contributed by atoms with E-state index in [1.54, 1.807) is 0 Å². The zero-order valence-electron chi connectivity index (χ0n) is 16.3. The zero-order valence-corrected chi connectivity index (χ0v) is 17.2. The summed E-state index contributed by atoms with van der Waals surface area (Å²) in [5.41, 5.74) is 1.73. The molecular weight excluding hydrogens is 394 g/mol. The Kier molecular flexibility index (Phi) is 7.56. The van der Waals surface area contributed by atoms with Crippen LogP contribution in [0.2, 0.25) is 0 Å². The van der Waals surface area contributed by atoms with Crippen LogP contribution in [-0.2, 0) is 14.3 Å². The number of carbonyl (C=O) groups excluding carboxylic acids is 1. The Morgan fingerprint density at radius 2 is 1.97 bits per heavy atom. The van der Waals surface area contributed by atoms with Crippen LogP contribution in [0, 0.1) is 6.92 Å². The van der Waals surface area contributed by atoms with E-state index in [9.17, 15) is 9.59 Å². The van der Waals surface area contributed by atoms with Crippen molar-refractivity contribution in [3.8, 4) is 17.0 Å². The number of morpholine rings is 1. The summed E-state index contributed by atoms with van der Waals surface area (Å²) in [4.78, 5) is 30.1. The number of carboxylic acid groups (broad SMARTS) is 1. The number of aromatic nitrogens is 1. The minimum atomic E-state index is -0.997. The Bertz CT molecular complexity index is 831. The van der Waals surface area contributed by atoms with Gasteiger partial charge in [0.2, 0.25) is 5.91 Å². The Labute approximate surface area is 173 Å². The van der Waals surface area contributed by atoms with Crippen molar-refractivity contribution in [2.45, 2.75) is 19.8 Å². The number of nitrogens with one attached hydrogen (secondary N) is 1. The quantitative estimate of drug-likeness (QED) is 0.644. The number of benzene rings is 1. The molecule has 1 aromatic carbocycles. The molecule has 1 amide bonds. The molecule has 1 aliphatic rings. The van der Waals surface area contributed by atoms with Crippen molar-refractivity contribution in [2.24, 2.45) is 0 Å². The molecule has 0 atom stereocenters. The summed E-state index contributed by atoms with van der Waals surface area (Å²) in [5, 5.41) is 11.8. The van der Waals surface area contributed by atoms with Gasteiger partial charge in [0.15, 0.2) is 5.13 Å². The first kappa shape index (κ1) is 21.2. The molecule has 29 heavy (non-hydrogen) atoms. The van der Waals surface area contributed by atoms with Crippen LogP contribution in [0.1, 0.15) is 17.7 Å². The molecule has 3 rings (SSSR count). The number of nitrogens with zero attached hydrogens (tertiary/aromatic N) is 2. The van der Waals surface area contributed by atoms with Crippen LogP contribution >= 0.6 is 11.3 Å². The fraction of sp³-hybridized carbons (Fsp3) is 0.450. The lowest BCUT2D eigenvalue weighted by Crippen LogP contribution is -2.38. The summed E-state index contributed by atoms with van der Waals surface area (Å²) in [7, 11) is 0. The van der Waals surface area contributed by atoms with Crippen LogP contribution < -0.4 is 10.1 Å². The molecule has 0 saturated carbocycles. The second-order valence-electron chi connectivity index (χ2n) is 6.69. The Balaban J connectivity index is 1.53. The number of thiazole rings is 1. The van der Waals surface area contributed by atoms with E-state index in [1.165, 1.54) is 11.3 Å². The van der Waals surface area contributed by atoms with E-state index in [4.69, 9.17) is 14.6 Å². The summed E-state index contributed by atoms with van der Waals surface area (Å²) in [6.07, 6.45) is -0.268. The van der Waals surface area contributed by atoms with E-state index in [1.807, 2.05) is 31.2 Å². The van der Waals surface area contributed by atoms with Crippen molar-refractivity contribution in [2.75, 3.05) is 44.8 Å². The first-order valence-electron chi connectivity index (χ1n) is 9.53.